The van der Waals surface area contributed by atoms with Gasteiger partial charge in [0.1, 0.15) is 0 Å². The molecule has 1 N–H and O–H groups in total. The molecule has 0 bridgehead atoms. The number of benzene rings is 1. The van der Waals surface area contributed by atoms with Gasteiger partial charge in [0.25, 0.3) is 0 Å². The van der Waals surface area contributed by atoms with Crippen LogP contribution < -0.4 is 5.32 Å². The Balaban J connectivity index is 2.01. The molecule has 2 heteroatoms. The molecule has 0 aromatic heterocycles. The molecule has 1 aliphatic carbocycles. The lowest BCUT2D eigenvalue weighted by atomic mass is 10.1. The van der Waals surface area contributed by atoms with Gasteiger partial charge in [-0.05, 0) is 37.8 Å². The highest BCUT2D eigenvalue weighted by Gasteiger charge is 2.23. The third kappa shape index (κ3) is 2.88. The van der Waals surface area contributed by atoms with E-state index in [1.54, 1.807) is 0 Å². The molecule has 82 valence electrons. The Morgan fingerprint density at radius 2 is 2.20 bits per heavy atom. The summed E-state index contributed by atoms with van der Waals surface area (Å²) in [5.41, 5.74) is 2.33. The molecule has 1 atom stereocenters. The van der Waals surface area contributed by atoms with E-state index < -0.39 is 0 Å². The number of rotatable bonds is 4. The topological polar surface area (TPSA) is 12.0 Å². The number of halogens is 1. The van der Waals surface area contributed by atoms with Gasteiger partial charge < -0.3 is 5.32 Å². The molecule has 1 aromatic carbocycles. The third-order valence-corrected chi connectivity index (χ3v) is 3.31. The third-order valence-electron chi connectivity index (χ3n) is 3.00. The largest absolute Gasteiger partial charge is 0.381 e. The Kier molecular flexibility index (Phi) is 3.20. The van der Waals surface area contributed by atoms with Crippen molar-refractivity contribution in [2.45, 2.75) is 39.2 Å². The maximum Gasteiger partial charge on any atom is 0.0640 e. The molecule has 2 rings (SSSR count). The Morgan fingerprint density at radius 1 is 1.47 bits per heavy atom. The van der Waals surface area contributed by atoms with E-state index in [1.807, 2.05) is 12.1 Å². The van der Waals surface area contributed by atoms with E-state index in [0.29, 0.717) is 6.04 Å². The first-order valence-corrected chi connectivity index (χ1v) is 6.06. The van der Waals surface area contributed by atoms with Crippen molar-refractivity contribution in [1.82, 2.24) is 0 Å². The number of aryl methyl sites for hydroxylation is 1. The van der Waals surface area contributed by atoms with Crippen LogP contribution in [0.3, 0.4) is 0 Å². The number of hydrogen-bond donors (Lipinski definition) is 1. The number of hydrogen-bond acceptors (Lipinski definition) is 1. The van der Waals surface area contributed by atoms with Crippen LogP contribution >= 0.6 is 11.6 Å². The van der Waals surface area contributed by atoms with Crippen LogP contribution in [0.4, 0.5) is 5.69 Å². The first-order chi connectivity index (χ1) is 7.16. The first-order valence-electron chi connectivity index (χ1n) is 5.68. The summed E-state index contributed by atoms with van der Waals surface area (Å²) < 4.78 is 0. The normalized spacial score (nSPS) is 17.5. The van der Waals surface area contributed by atoms with Crippen molar-refractivity contribution < 1.29 is 0 Å². The molecule has 15 heavy (non-hydrogen) atoms. The lowest BCUT2D eigenvalue weighted by molar-refractivity contribution is 0.642. The molecule has 0 heterocycles. The van der Waals surface area contributed by atoms with Crippen LogP contribution in [0.25, 0.3) is 0 Å². The predicted molar refractivity (Wildman–Crippen MR) is 66.6 cm³/mol. The smallest absolute Gasteiger partial charge is 0.0640 e. The van der Waals surface area contributed by atoms with E-state index in [2.05, 4.69) is 25.2 Å². The van der Waals surface area contributed by atoms with Crippen molar-refractivity contribution in [2.75, 3.05) is 5.32 Å². The van der Waals surface area contributed by atoms with Crippen molar-refractivity contribution in [1.29, 1.82) is 0 Å². The van der Waals surface area contributed by atoms with Gasteiger partial charge in [0.15, 0.2) is 0 Å². The zero-order valence-electron chi connectivity index (χ0n) is 9.39. The fourth-order valence-corrected chi connectivity index (χ4v) is 2.25. The summed E-state index contributed by atoms with van der Waals surface area (Å²) in [7, 11) is 0. The second-order valence-electron chi connectivity index (χ2n) is 4.66. The van der Waals surface area contributed by atoms with Gasteiger partial charge in [-0.2, -0.15) is 0 Å². The van der Waals surface area contributed by atoms with E-state index >= 15 is 0 Å². The van der Waals surface area contributed by atoms with Crippen molar-refractivity contribution in [2.24, 2.45) is 5.92 Å². The van der Waals surface area contributed by atoms with E-state index in [9.17, 15) is 0 Å². The van der Waals surface area contributed by atoms with Gasteiger partial charge >= 0.3 is 0 Å². The van der Waals surface area contributed by atoms with E-state index in [4.69, 9.17) is 11.6 Å². The van der Waals surface area contributed by atoms with Crippen LogP contribution in [0.5, 0.6) is 0 Å². The van der Waals surface area contributed by atoms with Gasteiger partial charge in [0, 0.05) is 6.04 Å². The molecule has 0 amide bonds. The maximum atomic E-state index is 6.16. The molecule has 1 saturated carbocycles. The summed E-state index contributed by atoms with van der Waals surface area (Å²) >= 11 is 6.16. The Hall–Kier alpha value is -0.690. The molecule has 1 nitrogen and oxygen atoms in total. The number of anilines is 1. The predicted octanol–water partition coefficient (Wildman–Crippen LogP) is 4.25. The zero-order valence-corrected chi connectivity index (χ0v) is 10.1. The average Bonchev–Trinajstić information content (AvgIpc) is 2.95. The van der Waals surface area contributed by atoms with Gasteiger partial charge in [-0.1, -0.05) is 36.6 Å². The Morgan fingerprint density at radius 3 is 2.80 bits per heavy atom. The minimum Gasteiger partial charge on any atom is -0.381 e. The van der Waals surface area contributed by atoms with Gasteiger partial charge in [-0.25, -0.2) is 0 Å². The van der Waals surface area contributed by atoms with Gasteiger partial charge in [0.2, 0.25) is 0 Å². The summed E-state index contributed by atoms with van der Waals surface area (Å²) in [6.07, 6.45) is 4.09. The number of para-hydroxylation sites is 1. The molecule has 0 aliphatic heterocycles. The van der Waals surface area contributed by atoms with Crippen LogP contribution in [-0.2, 0) is 0 Å². The lowest BCUT2D eigenvalue weighted by Gasteiger charge is -2.17. The van der Waals surface area contributed by atoms with Crippen LogP contribution in [0.1, 0.15) is 31.7 Å². The van der Waals surface area contributed by atoms with E-state index in [1.165, 1.54) is 24.8 Å². The van der Waals surface area contributed by atoms with Crippen molar-refractivity contribution >= 4 is 17.3 Å². The highest BCUT2D eigenvalue weighted by molar-refractivity contribution is 6.33. The summed E-state index contributed by atoms with van der Waals surface area (Å²) in [5.74, 6) is 0.954. The first kappa shape index (κ1) is 10.8. The Bertz CT molecular complexity index is 324. The molecule has 0 spiro atoms. The summed E-state index contributed by atoms with van der Waals surface area (Å²) in [4.78, 5) is 0. The van der Waals surface area contributed by atoms with Crippen LogP contribution in [0, 0.1) is 12.8 Å². The highest BCUT2D eigenvalue weighted by atomic mass is 35.5. The molecule has 0 saturated heterocycles. The van der Waals surface area contributed by atoms with Crippen molar-refractivity contribution in [3.05, 3.63) is 28.8 Å². The number of nitrogens with one attached hydrogen (secondary N) is 1. The standard InChI is InChI=1S/C13H18ClN/c1-9-4-3-5-12(14)13(9)15-10(2)8-11-6-7-11/h3-5,10-11,15H,6-8H2,1-2H3. The van der Waals surface area contributed by atoms with Crippen molar-refractivity contribution in [3.63, 3.8) is 0 Å². The molecule has 1 aromatic rings. The average molecular weight is 224 g/mol. The molecule has 0 radical (unpaired) electrons. The monoisotopic (exact) mass is 223 g/mol. The van der Waals surface area contributed by atoms with Crippen LogP contribution in [-0.4, -0.2) is 6.04 Å². The SMILES string of the molecule is Cc1cccc(Cl)c1NC(C)CC1CC1. The minimum absolute atomic E-state index is 0.524. The van der Waals surface area contributed by atoms with Gasteiger partial charge in [-0.15, -0.1) is 0 Å². The molecular formula is C13H18ClN. The fourth-order valence-electron chi connectivity index (χ4n) is 1.97. The minimum atomic E-state index is 0.524. The van der Waals surface area contributed by atoms with E-state index in [0.717, 1.165) is 16.6 Å². The van der Waals surface area contributed by atoms with Crippen LogP contribution in [0.15, 0.2) is 18.2 Å². The quantitative estimate of drug-likeness (QED) is 0.805. The van der Waals surface area contributed by atoms with Crippen molar-refractivity contribution in [3.8, 4) is 0 Å². The lowest BCUT2D eigenvalue weighted by Crippen LogP contribution is -2.16. The summed E-state index contributed by atoms with van der Waals surface area (Å²) in [6, 6.07) is 6.56. The maximum absolute atomic E-state index is 6.16. The Labute approximate surface area is 96.8 Å². The molecule has 1 aliphatic rings. The van der Waals surface area contributed by atoms with Gasteiger partial charge in [0.05, 0.1) is 10.7 Å². The highest BCUT2D eigenvalue weighted by Crippen LogP contribution is 2.35. The second kappa shape index (κ2) is 4.44. The summed E-state index contributed by atoms with van der Waals surface area (Å²) in [5, 5.41) is 4.35. The van der Waals surface area contributed by atoms with E-state index in [-0.39, 0.29) is 0 Å². The molecule has 1 fully saturated rings. The molecular weight excluding hydrogens is 206 g/mol. The molecule has 1 unspecified atom stereocenters. The summed E-state index contributed by atoms with van der Waals surface area (Å²) in [6.45, 7) is 4.33. The van der Waals surface area contributed by atoms with Gasteiger partial charge in [-0.3, -0.25) is 0 Å². The van der Waals surface area contributed by atoms with Crippen LogP contribution in [0.2, 0.25) is 5.02 Å². The second-order valence-corrected chi connectivity index (χ2v) is 5.06. The zero-order chi connectivity index (χ0) is 10.8. The fraction of sp³-hybridized carbons (Fsp3) is 0.538.